The molecule has 15 heavy (non-hydrogen) atoms. The number of hydrogen-bond acceptors (Lipinski definition) is 2. The maximum atomic E-state index is 11.5. The third kappa shape index (κ3) is 2.93. The van der Waals surface area contributed by atoms with Crippen LogP contribution in [0.4, 0.5) is 0 Å². The van der Waals surface area contributed by atoms with Crippen molar-refractivity contribution in [1.29, 1.82) is 0 Å². The first-order valence-electron chi connectivity index (χ1n) is 5.40. The van der Waals surface area contributed by atoms with Gasteiger partial charge in [0.15, 0.2) is 0 Å². The summed E-state index contributed by atoms with van der Waals surface area (Å²) in [6, 6.07) is 5.14. The smallest absolute Gasteiger partial charge is 0.250 e. The summed E-state index contributed by atoms with van der Waals surface area (Å²) in [6.45, 7) is 6.30. The summed E-state index contributed by atoms with van der Waals surface area (Å²) in [5.41, 5.74) is 0.849. The minimum atomic E-state index is -0.450. The van der Waals surface area contributed by atoms with Gasteiger partial charge in [0.05, 0.1) is 12.6 Å². The van der Waals surface area contributed by atoms with Gasteiger partial charge in [-0.15, -0.1) is 0 Å². The monoisotopic (exact) mass is 209 g/mol. The summed E-state index contributed by atoms with van der Waals surface area (Å²) in [6.07, 6.45) is 0.468. The third-order valence-corrected chi connectivity index (χ3v) is 2.94. The minimum absolute atomic E-state index is 0.0441. The van der Waals surface area contributed by atoms with Gasteiger partial charge in [0, 0.05) is 11.8 Å². The highest BCUT2D eigenvalue weighted by Crippen LogP contribution is 2.09. The second-order valence-corrected chi connectivity index (χ2v) is 4.07. The SMILES string of the molecule is CCC(C)C(O)Cn1c(C)cccc1=O. The van der Waals surface area contributed by atoms with Crippen LogP contribution in [0.3, 0.4) is 0 Å². The van der Waals surface area contributed by atoms with Crippen molar-refractivity contribution in [2.75, 3.05) is 0 Å². The molecule has 1 rings (SSSR count). The fourth-order valence-electron chi connectivity index (χ4n) is 1.50. The Bertz CT molecular complexity index is 370. The summed E-state index contributed by atoms with van der Waals surface area (Å²) >= 11 is 0. The van der Waals surface area contributed by atoms with Gasteiger partial charge in [-0.3, -0.25) is 4.79 Å². The van der Waals surface area contributed by atoms with Crippen molar-refractivity contribution in [2.24, 2.45) is 5.92 Å². The van der Waals surface area contributed by atoms with Crippen molar-refractivity contribution in [2.45, 2.75) is 39.8 Å². The first kappa shape index (κ1) is 12.0. The van der Waals surface area contributed by atoms with Crippen LogP contribution >= 0.6 is 0 Å². The number of aliphatic hydroxyl groups excluding tert-OH is 1. The Hall–Kier alpha value is -1.09. The van der Waals surface area contributed by atoms with E-state index in [1.807, 2.05) is 26.8 Å². The molecule has 1 N–H and O–H groups in total. The number of hydrogen-bond donors (Lipinski definition) is 1. The zero-order valence-electron chi connectivity index (χ0n) is 9.60. The number of nitrogens with zero attached hydrogens (tertiary/aromatic N) is 1. The van der Waals surface area contributed by atoms with Gasteiger partial charge in [-0.2, -0.15) is 0 Å². The molecule has 3 heteroatoms. The standard InChI is InChI=1S/C12H19NO2/c1-4-9(2)11(14)8-13-10(3)6-5-7-12(13)15/h5-7,9,11,14H,4,8H2,1-3H3. The highest BCUT2D eigenvalue weighted by molar-refractivity contribution is 5.04. The van der Waals surface area contributed by atoms with E-state index >= 15 is 0 Å². The van der Waals surface area contributed by atoms with E-state index in [-0.39, 0.29) is 11.5 Å². The van der Waals surface area contributed by atoms with Crippen LogP contribution in [0.2, 0.25) is 0 Å². The Kier molecular flexibility index (Phi) is 4.09. The molecule has 0 aliphatic carbocycles. The maximum Gasteiger partial charge on any atom is 0.250 e. The number of aromatic nitrogens is 1. The molecule has 0 aromatic carbocycles. The molecule has 0 amide bonds. The van der Waals surface area contributed by atoms with Crippen molar-refractivity contribution in [3.63, 3.8) is 0 Å². The van der Waals surface area contributed by atoms with Crippen LogP contribution in [0, 0.1) is 12.8 Å². The lowest BCUT2D eigenvalue weighted by Gasteiger charge is -2.19. The zero-order chi connectivity index (χ0) is 11.4. The van der Waals surface area contributed by atoms with Crippen LogP contribution in [0.25, 0.3) is 0 Å². The zero-order valence-corrected chi connectivity index (χ0v) is 9.60. The molecule has 84 valence electrons. The number of aryl methyl sites for hydroxylation is 1. The first-order valence-corrected chi connectivity index (χ1v) is 5.40. The summed E-state index contributed by atoms with van der Waals surface area (Å²) in [4.78, 5) is 11.5. The van der Waals surface area contributed by atoms with E-state index in [0.29, 0.717) is 6.54 Å². The molecule has 1 aromatic heterocycles. The van der Waals surface area contributed by atoms with Crippen LogP contribution in [0.15, 0.2) is 23.0 Å². The molecule has 0 bridgehead atoms. The summed E-state index contributed by atoms with van der Waals surface area (Å²) in [5.74, 6) is 0.219. The molecule has 0 aliphatic heterocycles. The van der Waals surface area contributed by atoms with Crippen molar-refractivity contribution in [1.82, 2.24) is 4.57 Å². The van der Waals surface area contributed by atoms with Gasteiger partial charge in [0.1, 0.15) is 0 Å². The Morgan fingerprint density at radius 3 is 2.67 bits per heavy atom. The van der Waals surface area contributed by atoms with Gasteiger partial charge in [-0.25, -0.2) is 0 Å². The summed E-state index contributed by atoms with van der Waals surface area (Å²) in [7, 11) is 0. The Morgan fingerprint density at radius 1 is 1.47 bits per heavy atom. The molecule has 2 atom stereocenters. The Balaban J connectivity index is 2.85. The quantitative estimate of drug-likeness (QED) is 0.817. The van der Waals surface area contributed by atoms with Crippen LogP contribution < -0.4 is 5.56 Å². The lowest BCUT2D eigenvalue weighted by atomic mass is 10.0. The topological polar surface area (TPSA) is 42.2 Å². The number of aliphatic hydroxyl groups is 1. The molecule has 0 fully saturated rings. The van der Waals surface area contributed by atoms with E-state index in [4.69, 9.17) is 0 Å². The highest BCUT2D eigenvalue weighted by Gasteiger charge is 2.13. The van der Waals surface area contributed by atoms with Crippen LogP contribution in [0.5, 0.6) is 0 Å². The third-order valence-electron chi connectivity index (χ3n) is 2.94. The van der Waals surface area contributed by atoms with E-state index in [1.54, 1.807) is 10.6 Å². The predicted octanol–water partition coefficient (Wildman–Crippen LogP) is 1.56. The largest absolute Gasteiger partial charge is 0.391 e. The second-order valence-electron chi connectivity index (χ2n) is 4.07. The van der Waals surface area contributed by atoms with Crippen molar-refractivity contribution < 1.29 is 5.11 Å². The van der Waals surface area contributed by atoms with Crippen LogP contribution in [-0.2, 0) is 6.54 Å². The van der Waals surface area contributed by atoms with E-state index in [9.17, 15) is 9.90 Å². The van der Waals surface area contributed by atoms with E-state index in [2.05, 4.69) is 0 Å². The molecular formula is C12H19NO2. The second kappa shape index (κ2) is 5.12. The Morgan fingerprint density at radius 2 is 2.13 bits per heavy atom. The molecular weight excluding hydrogens is 190 g/mol. The average molecular weight is 209 g/mol. The summed E-state index contributed by atoms with van der Waals surface area (Å²) < 4.78 is 1.62. The predicted molar refractivity (Wildman–Crippen MR) is 60.9 cm³/mol. The summed E-state index contributed by atoms with van der Waals surface area (Å²) in [5, 5.41) is 9.86. The van der Waals surface area contributed by atoms with Gasteiger partial charge in [0.2, 0.25) is 0 Å². The highest BCUT2D eigenvalue weighted by atomic mass is 16.3. The van der Waals surface area contributed by atoms with Gasteiger partial charge in [-0.1, -0.05) is 26.3 Å². The van der Waals surface area contributed by atoms with Gasteiger partial charge < -0.3 is 9.67 Å². The van der Waals surface area contributed by atoms with Gasteiger partial charge in [0.25, 0.3) is 5.56 Å². The van der Waals surface area contributed by atoms with Crippen molar-refractivity contribution in [3.8, 4) is 0 Å². The minimum Gasteiger partial charge on any atom is -0.391 e. The number of pyridine rings is 1. The van der Waals surface area contributed by atoms with Crippen molar-refractivity contribution >= 4 is 0 Å². The molecule has 0 saturated carbocycles. The molecule has 0 saturated heterocycles. The molecule has 0 aliphatic rings. The van der Waals surface area contributed by atoms with E-state index in [0.717, 1.165) is 12.1 Å². The van der Waals surface area contributed by atoms with Gasteiger partial charge >= 0.3 is 0 Å². The van der Waals surface area contributed by atoms with Crippen LogP contribution in [0.1, 0.15) is 26.0 Å². The molecule has 2 unspecified atom stereocenters. The van der Waals surface area contributed by atoms with E-state index < -0.39 is 6.10 Å². The maximum absolute atomic E-state index is 11.5. The van der Waals surface area contributed by atoms with Crippen LogP contribution in [-0.4, -0.2) is 15.8 Å². The van der Waals surface area contributed by atoms with E-state index in [1.165, 1.54) is 6.07 Å². The molecule has 3 nitrogen and oxygen atoms in total. The molecule has 0 radical (unpaired) electrons. The van der Waals surface area contributed by atoms with Gasteiger partial charge in [-0.05, 0) is 18.9 Å². The molecule has 0 spiro atoms. The van der Waals surface area contributed by atoms with Crippen molar-refractivity contribution in [3.05, 3.63) is 34.2 Å². The molecule has 1 heterocycles. The first-order chi connectivity index (χ1) is 7.06. The fourth-order valence-corrected chi connectivity index (χ4v) is 1.50. The Labute approximate surface area is 90.4 Å². The number of rotatable bonds is 4. The lowest BCUT2D eigenvalue weighted by Crippen LogP contribution is -2.30. The average Bonchev–Trinajstić information content (AvgIpc) is 2.22. The lowest BCUT2D eigenvalue weighted by molar-refractivity contribution is 0.0949. The fraction of sp³-hybridized carbons (Fsp3) is 0.583. The molecule has 1 aromatic rings. The normalized spacial score (nSPS) is 14.9.